The number of benzene rings is 1. The van der Waals surface area contributed by atoms with Crippen LogP contribution in [0, 0.1) is 0 Å². The van der Waals surface area contributed by atoms with E-state index in [9.17, 15) is 15.0 Å². The van der Waals surface area contributed by atoms with E-state index >= 15 is 0 Å². The molecule has 5 nitrogen and oxygen atoms in total. The molecule has 1 aromatic carbocycles. The third-order valence-corrected chi connectivity index (χ3v) is 2.09. The molecule has 4 N–H and O–H groups in total. The molecule has 0 unspecified atom stereocenters. The van der Waals surface area contributed by atoms with Crippen LogP contribution in [-0.2, 0) is 11.3 Å². The number of carbonyl (C=O) groups is 1. The number of hydrogen-bond acceptors (Lipinski definition) is 4. The van der Waals surface area contributed by atoms with Gasteiger partial charge in [-0.1, -0.05) is 12.1 Å². The van der Waals surface area contributed by atoms with Gasteiger partial charge in [-0.05, 0) is 6.07 Å². The minimum absolute atomic E-state index is 0.0676. The number of para-hydroxylation sites is 1. The summed E-state index contributed by atoms with van der Waals surface area (Å²) in [5.41, 5.74) is 0.628. The summed E-state index contributed by atoms with van der Waals surface area (Å²) in [5.74, 6) is -0.294. The van der Waals surface area contributed by atoms with Crippen molar-refractivity contribution in [1.82, 2.24) is 10.6 Å². The minimum atomic E-state index is -0.124. The maximum atomic E-state index is 10.6. The van der Waals surface area contributed by atoms with E-state index in [2.05, 4.69) is 10.6 Å². The van der Waals surface area contributed by atoms with Gasteiger partial charge in [-0.25, -0.2) is 0 Å². The second-order valence-electron chi connectivity index (χ2n) is 3.44. The number of rotatable bonds is 5. The second-order valence-corrected chi connectivity index (χ2v) is 3.44. The van der Waals surface area contributed by atoms with Crippen molar-refractivity contribution in [3.63, 3.8) is 0 Å². The molecule has 0 aliphatic carbocycles. The fourth-order valence-corrected chi connectivity index (χ4v) is 1.27. The largest absolute Gasteiger partial charge is 0.504 e. The predicted octanol–water partition coefficient (Wildman–Crippen LogP) is 0.323. The second kappa shape index (κ2) is 5.97. The number of carbonyl (C=O) groups excluding carboxylic acids is 1. The summed E-state index contributed by atoms with van der Waals surface area (Å²) in [5, 5.41) is 24.4. The van der Waals surface area contributed by atoms with E-state index in [0.29, 0.717) is 25.2 Å². The van der Waals surface area contributed by atoms with Gasteiger partial charge in [-0.3, -0.25) is 4.79 Å². The van der Waals surface area contributed by atoms with Crippen molar-refractivity contribution in [2.75, 3.05) is 13.1 Å². The van der Waals surface area contributed by atoms with Crippen molar-refractivity contribution in [3.05, 3.63) is 23.8 Å². The average Bonchev–Trinajstić information content (AvgIpc) is 2.23. The summed E-state index contributed by atoms with van der Waals surface area (Å²) in [6.07, 6.45) is 0. The topological polar surface area (TPSA) is 81.6 Å². The monoisotopic (exact) mass is 224 g/mol. The van der Waals surface area contributed by atoms with Crippen molar-refractivity contribution in [2.45, 2.75) is 13.5 Å². The molecule has 16 heavy (non-hydrogen) atoms. The van der Waals surface area contributed by atoms with Crippen LogP contribution in [0.4, 0.5) is 0 Å². The molecule has 0 aliphatic heterocycles. The molecule has 0 heterocycles. The van der Waals surface area contributed by atoms with Crippen molar-refractivity contribution >= 4 is 5.91 Å². The Kier molecular flexibility index (Phi) is 4.60. The minimum Gasteiger partial charge on any atom is -0.504 e. The predicted molar refractivity (Wildman–Crippen MR) is 60.2 cm³/mol. The molecule has 88 valence electrons. The molecule has 0 saturated heterocycles. The highest BCUT2D eigenvalue weighted by Gasteiger charge is 2.04. The van der Waals surface area contributed by atoms with Crippen molar-refractivity contribution in [1.29, 1.82) is 0 Å². The van der Waals surface area contributed by atoms with Crippen molar-refractivity contribution < 1.29 is 15.0 Å². The maximum Gasteiger partial charge on any atom is 0.216 e. The van der Waals surface area contributed by atoms with Gasteiger partial charge in [0, 0.05) is 32.1 Å². The molecule has 0 fully saturated rings. The maximum absolute atomic E-state index is 10.6. The zero-order valence-electron chi connectivity index (χ0n) is 9.16. The first kappa shape index (κ1) is 12.3. The highest BCUT2D eigenvalue weighted by molar-refractivity contribution is 5.72. The quantitative estimate of drug-likeness (QED) is 0.429. The Balaban J connectivity index is 2.32. The molecule has 1 rings (SSSR count). The molecular weight excluding hydrogens is 208 g/mol. The molecule has 0 aliphatic rings. The highest BCUT2D eigenvalue weighted by Crippen LogP contribution is 2.27. The first-order valence-electron chi connectivity index (χ1n) is 5.06. The lowest BCUT2D eigenvalue weighted by Gasteiger charge is -2.07. The van der Waals surface area contributed by atoms with E-state index in [-0.39, 0.29) is 17.4 Å². The number of amides is 1. The summed E-state index contributed by atoms with van der Waals surface area (Å²) >= 11 is 0. The number of hydrogen-bond donors (Lipinski definition) is 4. The van der Waals surface area contributed by atoms with Gasteiger partial charge in [-0.2, -0.15) is 0 Å². The van der Waals surface area contributed by atoms with Crippen LogP contribution in [0.5, 0.6) is 11.5 Å². The normalized spacial score (nSPS) is 10.1. The van der Waals surface area contributed by atoms with E-state index in [1.807, 2.05) is 0 Å². The van der Waals surface area contributed by atoms with Crippen LogP contribution in [0.15, 0.2) is 18.2 Å². The Morgan fingerprint density at radius 1 is 1.31 bits per heavy atom. The molecule has 0 bridgehead atoms. The standard InChI is InChI=1S/C11H16N2O3/c1-8(14)13-6-5-12-7-9-3-2-4-10(15)11(9)16/h2-4,12,15-16H,5-7H2,1H3,(H,13,14). The molecule has 0 saturated carbocycles. The van der Waals surface area contributed by atoms with Crippen LogP contribution in [0.25, 0.3) is 0 Å². The van der Waals surface area contributed by atoms with Gasteiger partial charge in [0.05, 0.1) is 0 Å². The van der Waals surface area contributed by atoms with Crippen LogP contribution in [0.1, 0.15) is 12.5 Å². The molecule has 5 heteroatoms. The third-order valence-electron chi connectivity index (χ3n) is 2.09. The zero-order chi connectivity index (χ0) is 12.0. The number of nitrogens with one attached hydrogen (secondary N) is 2. The van der Waals surface area contributed by atoms with Gasteiger partial charge in [0.2, 0.25) is 5.91 Å². The molecule has 1 amide bonds. The lowest BCUT2D eigenvalue weighted by Crippen LogP contribution is -2.29. The number of phenolic OH excluding ortho intramolecular Hbond substituents is 2. The van der Waals surface area contributed by atoms with Crippen LogP contribution in [0.3, 0.4) is 0 Å². The SMILES string of the molecule is CC(=O)NCCNCc1cccc(O)c1O. The molecule has 1 aromatic rings. The lowest BCUT2D eigenvalue weighted by molar-refractivity contribution is -0.118. The highest BCUT2D eigenvalue weighted by atomic mass is 16.3. The molecule has 0 aromatic heterocycles. The fourth-order valence-electron chi connectivity index (χ4n) is 1.27. The smallest absolute Gasteiger partial charge is 0.216 e. The Labute approximate surface area is 94.1 Å². The first-order valence-corrected chi connectivity index (χ1v) is 5.06. The summed E-state index contributed by atoms with van der Waals surface area (Å²) in [6.45, 7) is 3.05. The average molecular weight is 224 g/mol. The summed E-state index contributed by atoms with van der Waals surface area (Å²) < 4.78 is 0. The van der Waals surface area contributed by atoms with Crippen molar-refractivity contribution in [3.8, 4) is 11.5 Å². The third kappa shape index (κ3) is 3.78. The van der Waals surface area contributed by atoms with Crippen LogP contribution in [0.2, 0.25) is 0 Å². The van der Waals surface area contributed by atoms with E-state index in [1.165, 1.54) is 13.0 Å². The van der Waals surface area contributed by atoms with Crippen LogP contribution in [-0.4, -0.2) is 29.2 Å². The molecule has 0 spiro atoms. The van der Waals surface area contributed by atoms with E-state index in [4.69, 9.17) is 0 Å². The number of aromatic hydroxyl groups is 2. The van der Waals surface area contributed by atoms with E-state index in [1.54, 1.807) is 12.1 Å². The van der Waals surface area contributed by atoms with Gasteiger partial charge in [0.15, 0.2) is 11.5 Å². The lowest BCUT2D eigenvalue weighted by atomic mass is 10.2. The summed E-state index contributed by atoms with van der Waals surface area (Å²) in [6, 6.07) is 4.82. The van der Waals surface area contributed by atoms with E-state index < -0.39 is 0 Å². The van der Waals surface area contributed by atoms with Gasteiger partial charge in [0.25, 0.3) is 0 Å². The van der Waals surface area contributed by atoms with Crippen molar-refractivity contribution in [2.24, 2.45) is 0 Å². The molecule has 0 radical (unpaired) electrons. The number of phenols is 2. The van der Waals surface area contributed by atoms with E-state index in [0.717, 1.165) is 0 Å². The Morgan fingerprint density at radius 3 is 2.75 bits per heavy atom. The van der Waals surface area contributed by atoms with Gasteiger partial charge in [0.1, 0.15) is 0 Å². The van der Waals surface area contributed by atoms with Crippen LogP contribution < -0.4 is 10.6 Å². The Morgan fingerprint density at radius 2 is 2.06 bits per heavy atom. The first-order chi connectivity index (χ1) is 7.61. The van der Waals surface area contributed by atoms with Crippen LogP contribution >= 0.6 is 0 Å². The summed E-state index contributed by atoms with van der Waals surface area (Å²) in [7, 11) is 0. The Hall–Kier alpha value is -1.75. The van der Waals surface area contributed by atoms with Gasteiger partial charge in [-0.15, -0.1) is 0 Å². The Bertz CT molecular complexity index is 366. The molecule has 0 atom stereocenters. The van der Waals surface area contributed by atoms with Gasteiger partial charge >= 0.3 is 0 Å². The summed E-state index contributed by atoms with van der Waals surface area (Å²) in [4.78, 5) is 10.6. The fraction of sp³-hybridized carbons (Fsp3) is 0.364. The molecular formula is C11H16N2O3. The zero-order valence-corrected chi connectivity index (χ0v) is 9.16. The van der Waals surface area contributed by atoms with Gasteiger partial charge < -0.3 is 20.8 Å².